The molecule has 0 aromatic heterocycles. The van der Waals surface area contributed by atoms with Gasteiger partial charge in [-0.15, -0.1) is 0 Å². The average Bonchev–Trinajstić information content (AvgIpc) is 2.37. The topological polar surface area (TPSA) is 61.8 Å². The number of rotatable bonds is 2. The second-order valence-corrected chi connectivity index (χ2v) is 4.66. The molecule has 98 valence electrons. The first-order chi connectivity index (χ1) is 8.60. The van der Waals surface area contributed by atoms with E-state index in [1.807, 2.05) is 19.3 Å². The minimum absolute atomic E-state index is 0.00138. The summed E-state index contributed by atoms with van der Waals surface area (Å²) in [5.74, 6) is 0.00138. The normalized spacial score (nSPS) is 23.8. The van der Waals surface area contributed by atoms with E-state index in [2.05, 4.69) is 0 Å². The van der Waals surface area contributed by atoms with Crippen LogP contribution in [0.15, 0.2) is 24.3 Å². The largest absolute Gasteiger partial charge is 0.372 e. The summed E-state index contributed by atoms with van der Waals surface area (Å²) in [4.78, 5) is 14.1. The van der Waals surface area contributed by atoms with Crippen LogP contribution in [0.25, 0.3) is 0 Å². The molecule has 1 aliphatic rings. The zero-order valence-corrected chi connectivity index (χ0v) is 10.6. The molecule has 2 N–H and O–H groups in total. The Hall–Kier alpha value is -1.59. The Morgan fingerprint density at radius 1 is 1.28 bits per heavy atom. The van der Waals surface area contributed by atoms with Crippen LogP contribution in [-0.4, -0.2) is 41.3 Å². The predicted octanol–water partition coefficient (Wildman–Crippen LogP) is 1.74. The van der Waals surface area contributed by atoms with E-state index in [-0.39, 0.29) is 18.1 Å². The van der Waals surface area contributed by atoms with Crippen molar-refractivity contribution in [2.45, 2.75) is 26.1 Å². The third kappa shape index (κ3) is 2.80. The third-order valence-corrected chi connectivity index (χ3v) is 2.97. The summed E-state index contributed by atoms with van der Waals surface area (Å²) in [6.45, 7) is 5.16. The quantitative estimate of drug-likeness (QED) is 0.785. The van der Waals surface area contributed by atoms with E-state index >= 15 is 0 Å². The highest BCUT2D eigenvalue weighted by atomic mass is 16.5. The second kappa shape index (κ2) is 5.37. The molecule has 1 aromatic rings. The summed E-state index contributed by atoms with van der Waals surface area (Å²) < 4.78 is 5.60. The van der Waals surface area contributed by atoms with Crippen LogP contribution < -0.4 is 5.48 Å². The lowest BCUT2D eigenvalue weighted by Crippen LogP contribution is -2.48. The first kappa shape index (κ1) is 12.9. The van der Waals surface area contributed by atoms with Gasteiger partial charge in [-0.3, -0.25) is 15.5 Å². The first-order valence-electron chi connectivity index (χ1n) is 6.05. The summed E-state index contributed by atoms with van der Waals surface area (Å²) in [7, 11) is 0. The minimum Gasteiger partial charge on any atom is -0.372 e. The summed E-state index contributed by atoms with van der Waals surface area (Å²) in [6.07, 6.45) is 0.132. The van der Waals surface area contributed by atoms with Crippen LogP contribution in [0.2, 0.25) is 0 Å². The lowest BCUT2D eigenvalue weighted by atomic mass is 10.1. The number of ether oxygens (including phenoxy) is 1. The van der Waals surface area contributed by atoms with E-state index in [0.29, 0.717) is 24.3 Å². The Labute approximate surface area is 106 Å². The van der Waals surface area contributed by atoms with Gasteiger partial charge in [0.05, 0.1) is 17.9 Å². The van der Waals surface area contributed by atoms with Gasteiger partial charge in [0.2, 0.25) is 0 Å². The highest BCUT2D eigenvalue weighted by Gasteiger charge is 2.26. The number of hydrogen-bond donors (Lipinski definition) is 2. The Morgan fingerprint density at radius 2 is 1.83 bits per heavy atom. The van der Waals surface area contributed by atoms with Crippen LogP contribution in [-0.2, 0) is 4.74 Å². The third-order valence-electron chi connectivity index (χ3n) is 2.97. The van der Waals surface area contributed by atoms with E-state index in [0.717, 1.165) is 0 Å². The van der Waals surface area contributed by atoms with Crippen molar-refractivity contribution in [3.8, 4) is 0 Å². The number of anilines is 1. The van der Waals surface area contributed by atoms with Crippen LogP contribution in [0.5, 0.6) is 0 Å². The summed E-state index contributed by atoms with van der Waals surface area (Å²) in [5.41, 5.74) is 3.23. The number of carbonyl (C=O) groups excluding carboxylic acids is 1. The van der Waals surface area contributed by atoms with Crippen molar-refractivity contribution in [2.75, 3.05) is 18.6 Å². The molecule has 1 aromatic carbocycles. The van der Waals surface area contributed by atoms with Gasteiger partial charge >= 0.3 is 0 Å². The Balaban J connectivity index is 2.09. The molecule has 2 unspecified atom stereocenters. The summed E-state index contributed by atoms with van der Waals surface area (Å²) >= 11 is 0. The van der Waals surface area contributed by atoms with E-state index in [4.69, 9.17) is 9.94 Å². The van der Waals surface area contributed by atoms with Crippen molar-refractivity contribution in [3.63, 3.8) is 0 Å². The SMILES string of the molecule is CC1CN(C(=O)c2ccc(NO)cc2)CC(C)O1. The second-order valence-electron chi connectivity index (χ2n) is 4.66. The Kier molecular flexibility index (Phi) is 3.84. The number of nitrogens with zero attached hydrogens (tertiary/aromatic N) is 1. The fourth-order valence-corrected chi connectivity index (χ4v) is 2.21. The van der Waals surface area contributed by atoms with Crippen LogP contribution in [0.4, 0.5) is 5.69 Å². The molecular formula is C13H18N2O3. The van der Waals surface area contributed by atoms with Crippen molar-refractivity contribution < 1.29 is 14.7 Å². The molecule has 1 aliphatic heterocycles. The van der Waals surface area contributed by atoms with E-state index < -0.39 is 0 Å². The highest BCUT2D eigenvalue weighted by molar-refractivity contribution is 5.94. The smallest absolute Gasteiger partial charge is 0.254 e. The Morgan fingerprint density at radius 3 is 2.33 bits per heavy atom. The van der Waals surface area contributed by atoms with Gasteiger partial charge < -0.3 is 9.64 Å². The van der Waals surface area contributed by atoms with Gasteiger partial charge in [0, 0.05) is 18.7 Å². The summed E-state index contributed by atoms with van der Waals surface area (Å²) in [5, 5.41) is 8.72. The number of morpholine rings is 1. The van der Waals surface area contributed by atoms with E-state index in [1.165, 1.54) is 0 Å². The maximum Gasteiger partial charge on any atom is 0.254 e. The van der Waals surface area contributed by atoms with Crippen molar-refractivity contribution in [2.24, 2.45) is 0 Å². The molecule has 0 radical (unpaired) electrons. The maximum absolute atomic E-state index is 12.3. The van der Waals surface area contributed by atoms with Crippen LogP contribution in [0.1, 0.15) is 24.2 Å². The lowest BCUT2D eigenvalue weighted by molar-refractivity contribution is -0.0586. The highest BCUT2D eigenvalue weighted by Crippen LogP contribution is 2.15. The molecule has 5 nitrogen and oxygen atoms in total. The van der Waals surface area contributed by atoms with Gasteiger partial charge in [0.15, 0.2) is 0 Å². The van der Waals surface area contributed by atoms with Crippen molar-refractivity contribution in [3.05, 3.63) is 29.8 Å². The lowest BCUT2D eigenvalue weighted by Gasteiger charge is -2.35. The summed E-state index contributed by atoms with van der Waals surface area (Å²) in [6, 6.07) is 6.73. The molecule has 0 spiro atoms. The first-order valence-corrected chi connectivity index (χ1v) is 6.05. The maximum atomic E-state index is 12.3. The molecule has 2 atom stereocenters. The molecule has 0 bridgehead atoms. The Bertz CT molecular complexity index is 409. The van der Waals surface area contributed by atoms with Gasteiger partial charge in [-0.2, -0.15) is 0 Å². The number of nitrogens with one attached hydrogen (secondary N) is 1. The minimum atomic E-state index is 0.00138. The predicted molar refractivity (Wildman–Crippen MR) is 67.8 cm³/mol. The molecule has 1 heterocycles. The van der Waals surface area contributed by atoms with Gasteiger partial charge in [0.25, 0.3) is 5.91 Å². The molecule has 5 heteroatoms. The molecule has 1 saturated heterocycles. The van der Waals surface area contributed by atoms with Crippen molar-refractivity contribution in [1.29, 1.82) is 0 Å². The molecule has 1 fully saturated rings. The standard InChI is InChI=1S/C13H18N2O3/c1-9-7-15(8-10(2)18-9)13(16)11-3-5-12(14-17)6-4-11/h3-6,9-10,14,17H,7-8H2,1-2H3. The molecule has 0 aliphatic carbocycles. The fourth-order valence-electron chi connectivity index (χ4n) is 2.21. The number of carbonyl (C=O) groups is 1. The molecular weight excluding hydrogens is 232 g/mol. The van der Waals surface area contributed by atoms with E-state index in [9.17, 15) is 4.79 Å². The molecule has 2 rings (SSSR count). The molecule has 0 saturated carbocycles. The van der Waals surface area contributed by atoms with Gasteiger partial charge in [-0.1, -0.05) is 0 Å². The van der Waals surface area contributed by atoms with Crippen LogP contribution in [0, 0.1) is 0 Å². The zero-order valence-electron chi connectivity index (χ0n) is 10.6. The molecule has 1 amide bonds. The fraction of sp³-hybridized carbons (Fsp3) is 0.462. The average molecular weight is 250 g/mol. The van der Waals surface area contributed by atoms with Gasteiger partial charge in [-0.05, 0) is 38.1 Å². The van der Waals surface area contributed by atoms with E-state index in [1.54, 1.807) is 29.2 Å². The van der Waals surface area contributed by atoms with Crippen molar-refractivity contribution >= 4 is 11.6 Å². The van der Waals surface area contributed by atoms with Crippen LogP contribution in [0.3, 0.4) is 0 Å². The number of benzene rings is 1. The monoisotopic (exact) mass is 250 g/mol. The van der Waals surface area contributed by atoms with Gasteiger partial charge in [0.1, 0.15) is 0 Å². The van der Waals surface area contributed by atoms with Gasteiger partial charge in [-0.25, -0.2) is 0 Å². The number of amides is 1. The van der Waals surface area contributed by atoms with Crippen molar-refractivity contribution in [1.82, 2.24) is 4.90 Å². The number of hydrogen-bond acceptors (Lipinski definition) is 4. The zero-order chi connectivity index (χ0) is 13.1. The van der Waals surface area contributed by atoms with Crippen LogP contribution >= 0.6 is 0 Å². The molecule has 18 heavy (non-hydrogen) atoms.